The molecular formula is C13H10N6O. The number of aryl methyl sites for hydroxylation is 1. The lowest BCUT2D eigenvalue weighted by atomic mass is 10.0. The van der Waals surface area contributed by atoms with Crippen molar-refractivity contribution in [3.05, 3.63) is 40.8 Å². The smallest absolute Gasteiger partial charge is 0.226 e. The van der Waals surface area contributed by atoms with Crippen LogP contribution in [0.5, 0.6) is 0 Å². The second-order valence-electron chi connectivity index (χ2n) is 4.36. The molecule has 0 spiro atoms. The second kappa shape index (κ2) is 4.59. The van der Waals surface area contributed by atoms with E-state index in [0.29, 0.717) is 29.0 Å². The van der Waals surface area contributed by atoms with Gasteiger partial charge in [0, 0.05) is 23.9 Å². The number of fused-ring (bicyclic) bond motifs is 1. The zero-order valence-electron chi connectivity index (χ0n) is 10.7. The van der Waals surface area contributed by atoms with Crippen molar-refractivity contribution in [1.82, 2.24) is 20.3 Å². The molecule has 3 aromatic rings. The van der Waals surface area contributed by atoms with Gasteiger partial charge in [0.25, 0.3) is 0 Å². The zero-order valence-corrected chi connectivity index (χ0v) is 10.7. The maximum absolute atomic E-state index is 8.87. The summed E-state index contributed by atoms with van der Waals surface area (Å²) in [5.41, 5.74) is 10.4. The Morgan fingerprint density at radius 1 is 1.40 bits per heavy atom. The Balaban J connectivity index is 2.08. The molecule has 0 radical (unpaired) electrons. The topological polar surface area (TPSA) is 115 Å². The fourth-order valence-electron chi connectivity index (χ4n) is 2.06. The zero-order chi connectivity index (χ0) is 14.1. The summed E-state index contributed by atoms with van der Waals surface area (Å²) in [5.74, 6) is 0. The Labute approximate surface area is 114 Å². The average molecular weight is 266 g/mol. The Morgan fingerprint density at radius 2 is 2.25 bits per heavy atom. The van der Waals surface area contributed by atoms with E-state index in [0.717, 1.165) is 16.8 Å². The van der Waals surface area contributed by atoms with E-state index in [9.17, 15) is 0 Å². The van der Waals surface area contributed by atoms with Crippen LogP contribution in [0.15, 0.2) is 23.0 Å². The molecule has 0 aliphatic heterocycles. The maximum Gasteiger partial charge on any atom is 0.226 e. The van der Waals surface area contributed by atoms with Crippen molar-refractivity contribution in [3.8, 4) is 6.07 Å². The highest BCUT2D eigenvalue weighted by Crippen LogP contribution is 2.25. The quantitative estimate of drug-likeness (QED) is 0.744. The van der Waals surface area contributed by atoms with Gasteiger partial charge in [0.05, 0.1) is 5.69 Å². The van der Waals surface area contributed by atoms with E-state index in [1.807, 2.05) is 19.1 Å². The van der Waals surface area contributed by atoms with E-state index < -0.39 is 0 Å². The van der Waals surface area contributed by atoms with Crippen LogP contribution in [0.4, 0.5) is 5.69 Å². The number of aromatic nitrogens is 4. The van der Waals surface area contributed by atoms with E-state index in [1.165, 1.54) is 0 Å². The lowest BCUT2D eigenvalue weighted by molar-refractivity contribution is 0.315. The molecule has 20 heavy (non-hydrogen) atoms. The number of nitriles is 1. The van der Waals surface area contributed by atoms with Crippen LogP contribution in [-0.4, -0.2) is 20.3 Å². The maximum atomic E-state index is 8.87. The first-order chi connectivity index (χ1) is 9.69. The molecule has 0 aliphatic carbocycles. The molecule has 0 aliphatic rings. The highest BCUT2D eigenvalue weighted by atomic mass is 16.6. The van der Waals surface area contributed by atoms with Crippen molar-refractivity contribution >= 4 is 16.9 Å². The van der Waals surface area contributed by atoms with E-state index >= 15 is 0 Å². The van der Waals surface area contributed by atoms with Crippen molar-refractivity contribution in [2.45, 2.75) is 13.3 Å². The van der Waals surface area contributed by atoms with Crippen LogP contribution in [0.2, 0.25) is 0 Å². The lowest BCUT2D eigenvalue weighted by Crippen LogP contribution is -2.03. The monoisotopic (exact) mass is 266 g/mol. The standard InChI is InChI=1S/C13H10N6O/c1-7-10(5-8-2-3-16-9(4-8)6-14)11(15)12-13(17-7)19-20-18-12/h2-4H,5,15H2,1H3. The Kier molecular flexibility index (Phi) is 2.76. The van der Waals surface area contributed by atoms with Crippen molar-refractivity contribution in [2.75, 3.05) is 5.73 Å². The number of anilines is 1. The molecule has 0 saturated heterocycles. The first kappa shape index (κ1) is 12.0. The summed E-state index contributed by atoms with van der Waals surface area (Å²) in [6, 6.07) is 5.58. The van der Waals surface area contributed by atoms with Crippen molar-refractivity contribution < 1.29 is 4.63 Å². The summed E-state index contributed by atoms with van der Waals surface area (Å²) in [4.78, 5) is 8.25. The van der Waals surface area contributed by atoms with E-state index in [1.54, 1.807) is 12.3 Å². The molecule has 0 saturated carbocycles. The minimum Gasteiger partial charge on any atom is -0.396 e. The minimum atomic E-state index is 0.371. The molecule has 3 aromatic heterocycles. The van der Waals surface area contributed by atoms with Crippen molar-refractivity contribution in [3.63, 3.8) is 0 Å². The van der Waals surface area contributed by atoms with Crippen LogP contribution < -0.4 is 5.73 Å². The number of hydrogen-bond acceptors (Lipinski definition) is 7. The molecule has 0 amide bonds. The fraction of sp³-hybridized carbons (Fsp3) is 0.154. The summed E-state index contributed by atoms with van der Waals surface area (Å²) < 4.78 is 4.65. The van der Waals surface area contributed by atoms with Gasteiger partial charge in [0.15, 0.2) is 5.52 Å². The Bertz CT molecular complexity index is 832. The van der Waals surface area contributed by atoms with Gasteiger partial charge in [-0.05, 0) is 34.9 Å². The van der Waals surface area contributed by atoms with Gasteiger partial charge in [0.1, 0.15) is 11.8 Å². The third-order valence-corrected chi connectivity index (χ3v) is 3.08. The second-order valence-corrected chi connectivity index (χ2v) is 4.36. The first-order valence-corrected chi connectivity index (χ1v) is 5.91. The molecule has 0 aromatic carbocycles. The van der Waals surface area contributed by atoms with Gasteiger partial charge in [-0.1, -0.05) is 0 Å². The molecule has 98 valence electrons. The van der Waals surface area contributed by atoms with Gasteiger partial charge in [0.2, 0.25) is 5.65 Å². The molecule has 0 fully saturated rings. The van der Waals surface area contributed by atoms with Gasteiger partial charge in [-0.25, -0.2) is 14.6 Å². The summed E-state index contributed by atoms with van der Waals surface area (Å²) in [6.07, 6.45) is 2.15. The molecule has 3 heterocycles. The highest BCUT2D eigenvalue weighted by molar-refractivity contribution is 5.85. The van der Waals surface area contributed by atoms with Gasteiger partial charge in [-0.2, -0.15) is 5.26 Å². The molecule has 0 atom stereocenters. The minimum absolute atomic E-state index is 0.371. The van der Waals surface area contributed by atoms with E-state index in [-0.39, 0.29) is 0 Å². The molecule has 7 heteroatoms. The van der Waals surface area contributed by atoms with Gasteiger partial charge >= 0.3 is 0 Å². The third-order valence-electron chi connectivity index (χ3n) is 3.08. The molecular weight excluding hydrogens is 256 g/mol. The largest absolute Gasteiger partial charge is 0.396 e. The molecule has 3 rings (SSSR count). The SMILES string of the molecule is Cc1nc2nonc2c(N)c1Cc1ccnc(C#N)c1. The van der Waals surface area contributed by atoms with E-state index in [2.05, 4.69) is 24.9 Å². The van der Waals surface area contributed by atoms with Crippen LogP contribution >= 0.6 is 0 Å². The van der Waals surface area contributed by atoms with Crippen molar-refractivity contribution in [2.24, 2.45) is 0 Å². The summed E-state index contributed by atoms with van der Waals surface area (Å²) in [7, 11) is 0. The lowest BCUT2D eigenvalue weighted by Gasteiger charge is -2.08. The van der Waals surface area contributed by atoms with Gasteiger partial charge in [-0.3, -0.25) is 0 Å². The number of nitrogen functional groups attached to an aromatic ring is 1. The summed E-state index contributed by atoms with van der Waals surface area (Å²) in [6.45, 7) is 1.85. The molecule has 0 unspecified atom stereocenters. The van der Waals surface area contributed by atoms with Crippen LogP contribution in [-0.2, 0) is 6.42 Å². The average Bonchev–Trinajstić information content (AvgIpc) is 2.92. The predicted octanol–water partition coefficient (Wildman–Crippen LogP) is 1.37. The third kappa shape index (κ3) is 1.93. The van der Waals surface area contributed by atoms with Crippen LogP contribution in [0.3, 0.4) is 0 Å². The summed E-state index contributed by atoms with van der Waals surface area (Å²) in [5, 5.41) is 16.3. The van der Waals surface area contributed by atoms with Crippen molar-refractivity contribution in [1.29, 1.82) is 5.26 Å². The predicted molar refractivity (Wildman–Crippen MR) is 70.5 cm³/mol. The Morgan fingerprint density at radius 3 is 3.05 bits per heavy atom. The molecule has 2 N–H and O–H groups in total. The number of rotatable bonds is 2. The Hall–Kier alpha value is -3.01. The van der Waals surface area contributed by atoms with Crippen LogP contribution in [0.1, 0.15) is 22.5 Å². The number of hydrogen-bond donors (Lipinski definition) is 1. The van der Waals surface area contributed by atoms with Gasteiger partial charge in [-0.15, -0.1) is 0 Å². The molecule has 7 nitrogen and oxygen atoms in total. The molecule has 0 bridgehead atoms. The first-order valence-electron chi connectivity index (χ1n) is 5.91. The van der Waals surface area contributed by atoms with E-state index in [4.69, 9.17) is 11.0 Å². The normalized spacial score (nSPS) is 10.6. The fourth-order valence-corrected chi connectivity index (χ4v) is 2.06. The summed E-state index contributed by atoms with van der Waals surface area (Å²) >= 11 is 0. The van der Waals surface area contributed by atoms with Gasteiger partial charge < -0.3 is 5.73 Å². The number of pyridine rings is 2. The highest BCUT2D eigenvalue weighted by Gasteiger charge is 2.14. The van der Waals surface area contributed by atoms with Crippen LogP contribution in [0, 0.1) is 18.3 Å². The van der Waals surface area contributed by atoms with Crippen LogP contribution in [0.25, 0.3) is 11.2 Å². The number of nitrogens with zero attached hydrogens (tertiary/aromatic N) is 5. The number of nitrogens with two attached hydrogens (primary N) is 1.